The molecular formula is C27H22N4O3. The van der Waals surface area contributed by atoms with Crippen molar-refractivity contribution in [1.29, 1.82) is 0 Å². The second-order valence-electron chi connectivity index (χ2n) is 7.63. The lowest BCUT2D eigenvalue weighted by atomic mass is 10.1. The lowest BCUT2D eigenvalue weighted by Gasteiger charge is -2.04. The summed E-state index contributed by atoms with van der Waals surface area (Å²) in [7, 11) is 0. The van der Waals surface area contributed by atoms with Crippen molar-refractivity contribution < 1.29 is 15.0 Å². The van der Waals surface area contributed by atoms with Crippen LogP contribution in [0.5, 0.6) is 0 Å². The maximum Gasteiger partial charge on any atom is 0.337 e. The molecule has 4 aromatic rings. The van der Waals surface area contributed by atoms with Crippen LogP contribution >= 0.6 is 0 Å². The fraction of sp³-hybridized carbons (Fsp3) is 0.111. The van der Waals surface area contributed by atoms with E-state index in [4.69, 9.17) is 11.7 Å². The van der Waals surface area contributed by atoms with Gasteiger partial charge in [-0.3, -0.25) is 4.99 Å². The Bertz CT molecular complexity index is 1410. The number of nitrogens with zero attached hydrogens (tertiary/aromatic N) is 4. The molecule has 0 aliphatic rings. The summed E-state index contributed by atoms with van der Waals surface area (Å²) in [4.78, 5) is 19.6. The third-order valence-corrected chi connectivity index (χ3v) is 5.42. The summed E-state index contributed by atoms with van der Waals surface area (Å²) in [6.45, 7) is 9.16. The molecule has 7 heteroatoms. The molecule has 7 nitrogen and oxygen atoms in total. The maximum absolute atomic E-state index is 11.7. The molecule has 0 saturated carbocycles. The number of rotatable bonds is 7. The van der Waals surface area contributed by atoms with Gasteiger partial charge in [-0.15, -0.1) is 0 Å². The predicted molar refractivity (Wildman–Crippen MR) is 131 cm³/mol. The largest absolute Gasteiger partial charge is 0.478 e. The quantitative estimate of drug-likeness (QED) is 0.283. The van der Waals surface area contributed by atoms with Gasteiger partial charge in [-0.25, -0.2) is 14.3 Å². The van der Waals surface area contributed by atoms with E-state index in [1.807, 2.05) is 30.3 Å². The molecule has 0 spiro atoms. The average molecular weight is 450 g/mol. The number of aryl methyl sites for hydroxylation is 1. The number of aliphatic hydroxyl groups is 1. The highest BCUT2D eigenvalue weighted by atomic mass is 16.4. The topological polar surface area (TPSA) is 92.1 Å². The summed E-state index contributed by atoms with van der Waals surface area (Å²) in [5.41, 5.74) is 5.54. The molecule has 2 N–H and O–H groups in total. The molecular weight excluding hydrogens is 428 g/mol. The first kappa shape index (κ1) is 22.6. The summed E-state index contributed by atoms with van der Waals surface area (Å²) in [5.74, 6) is -1.10. The lowest BCUT2D eigenvalue weighted by molar-refractivity contribution is 0.0697. The summed E-state index contributed by atoms with van der Waals surface area (Å²) in [6, 6.07) is 19.8. The van der Waals surface area contributed by atoms with Gasteiger partial charge >= 0.3 is 5.97 Å². The third-order valence-electron chi connectivity index (χ3n) is 5.42. The number of carboxylic acids is 1. The molecule has 0 saturated heterocycles. The molecule has 34 heavy (non-hydrogen) atoms. The number of aromatic nitrogens is 2. The maximum atomic E-state index is 11.7. The van der Waals surface area contributed by atoms with Crippen molar-refractivity contribution in [3.8, 4) is 16.9 Å². The standard InChI is InChI=1S/C27H22N4O3/c1-3-18-7-10-20(11-8-18)26-21(16-31(30-26)23-6-4-5-22(14-23)28-2)15-29-25-13-19(17-32)9-12-24(25)27(33)34/h4-16,32H,3,17H2,1H3,(H,33,34). The van der Waals surface area contributed by atoms with Gasteiger partial charge in [-0.2, -0.15) is 5.10 Å². The molecule has 0 bridgehead atoms. The van der Waals surface area contributed by atoms with Crippen LogP contribution in [0, 0.1) is 6.57 Å². The van der Waals surface area contributed by atoms with Gasteiger partial charge in [0.25, 0.3) is 0 Å². The Labute approximate surface area is 197 Å². The van der Waals surface area contributed by atoms with Crippen molar-refractivity contribution in [3.05, 3.63) is 107 Å². The van der Waals surface area contributed by atoms with Gasteiger partial charge in [0.2, 0.25) is 0 Å². The smallest absolute Gasteiger partial charge is 0.337 e. The van der Waals surface area contributed by atoms with Crippen molar-refractivity contribution in [2.45, 2.75) is 20.0 Å². The zero-order chi connectivity index (χ0) is 24.1. The number of benzene rings is 3. The molecule has 3 aromatic carbocycles. The van der Waals surface area contributed by atoms with Gasteiger partial charge in [-0.05, 0) is 41.8 Å². The van der Waals surface area contributed by atoms with Crippen LogP contribution in [0.3, 0.4) is 0 Å². The number of hydrogen-bond acceptors (Lipinski definition) is 4. The van der Waals surface area contributed by atoms with Crippen LogP contribution in [0.1, 0.15) is 34.0 Å². The third kappa shape index (κ3) is 4.77. The molecule has 4 rings (SSSR count). The zero-order valence-electron chi connectivity index (χ0n) is 18.5. The average Bonchev–Trinajstić information content (AvgIpc) is 3.31. The van der Waals surface area contributed by atoms with E-state index in [2.05, 4.69) is 16.8 Å². The van der Waals surface area contributed by atoms with Crippen LogP contribution in [-0.2, 0) is 13.0 Å². The van der Waals surface area contributed by atoms with Gasteiger partial charge in [0.05, 0.1) is 30.1 Å². The van der Waals surface area contributed by atoms with Gasteiger partial charge in [0.1, 0.15) is 5.69 Å². The summed E-state index contributed by atoms with van der Waals surface area (Å²) >= 11 is 0. The number of aromatic carboxylic acids is 1. The lowest BCUT2D eigenvalue weighted by Crippen LogP contribution is -1.98. The molecule has 0 fully saturated rings. The van der Waals surface area contributed by atoms with Crippen LogP contribution in [0.15, 0.2) is 77.9 Å². The number of hydrogen-bond donors (Lipinski definition) is 2. The van der Waals surface area contributed by atoms with Crippen molar-refractivity contribution in [2.75, 3.05) is 0 Å². The Morgan fingerprint density at radius 2 is 1.88 bits per heavy atom. The highest BCUT2D eigenvalue weighted by molar-refractivity contribution is 5.96. The van der Waals surface area contributed by atoms with E-state index in [1.54, 1.807) is 47.4 Å². The van der Waals surface area contributed by atoms with Crippen LogP contribution in [0.4, 0.5) is 11.4 Å². The molecule has 168 valence electrons. The summed E-state index contributed by atoms with van der Waals surface area (Å²) in [5, 5.41) is 23.7. The SMILES string of the molecule is [C-]#[N+]c1cccc(-n2cc(C=Nc3cc(CO)ccc3C(=O)O)c(-c3ccc(CC)cc3)n2)c1. The molecule has 0 aliphatic heterocycles. The van der Waals surface area contributed by atoms with E-state index in [-0.39, 0.29) is 17.9 Å². The second-order valence-corrected chi connectivity index (χ2v) is 7.63. The molecule has 1 aromatic heterocycles. The molecule has 0 radical (unpaired) electrons. The molecule has 0 unspecified atom stereocenters. The van der Waals surface area contributed by atoms with Gasteiger partial charge in [0.15, 0.2) is 5.69 Å². The van der Waals surface area contributed by atoms with Crippen molar-refractivity contribution in [2.24, 2.45) is 4.99 Å². The predicted octanol–water partition coefficient (Wildman–Crippen LogP) is 5.59. The van der Waals surface area contributed by atoms with E-state index in [9.17, 15) is 15.0 Å². The monoisotopic (exact) mass is 450 g/mol. The van der Waals surface area contributed by atoms with Crippen LogP contribution in [0.25, 0.3) is 21.8 Å². The highest BCUT2D eigenvalue weighted by Gasteiger charge is 2.14. The van der Waals surface area contributed by atoms with E-state index in [1.165, 1.54) is 11.6 Å². The minimum Gasteiger partial charge on any atom is -0.478 e. The second kappa shape index (κ2) is 9.94. The van der Waals surface area contributed by atoms with E-state index < -0.39 is 5.97 Å². The Kier molecular flexibility index (Phi) is 6.62. The number of carbonyl (C=O) groups is 1. The Morgan fingerprint density at radius 1 is 1.12 bits per heavy atom. The normalized spacial score (nSPS) is 11.0. The van der Waals surface area contributed by atoms with Crippen LogP contribution < -0.4 is 0 Å². The van der Waals surface area contributed by atoms with E-state index in [0.29, 0.717) is 22.5 Å². The fourth-order valence-corrected chi connectivity index (χ4v) is 3.54. The van der Waals surface area contributed by atoms with Gasteiger partial charge < -0.3 is 10.2 Å². The first-order chi connectivity index (χ1) is 16.5. The van der Waals surface area contributed by atoms with Crippen molar-refractivity contribution in [3.63, 3.8) is 0 Å². The van der Waals surface area contributed by atoms with Crippen LogP contribution in [0.2, 0.25) is 0 Å². The number of aliphatic imine (C=N–C) groups is 1. The summed E-state index contributed by atoms with van der Waals surface area (Å²) < 4.78 is 1.68. The fourth-order valence-electron chi connectivity index (χ4n) is 3.54. The minimum absolute atomic E-state index is 0.0412. The summed E-state index contributed by atoms with van der Waals surface area (Å²) in [6.07, 6.45) is 4.30. The molecule has 1 heterocycles. The Balaban J connectivity index is 1.83. The number of aliphatic hydroxyl groups excluding tert-OH is 1. The number of carboxylic acid groups (broad SMARTS) is 1. The Morgan fingerprint density at radius 3 is 2.56 bits per heavy atom. The van der Waals surface area contributed by atoms with Gasteiger partial charge in [-0.1, -0.05) is 49.4 Å². The zero-order valence-corrected chi connectivity index (χ0v) is 18.5. The van der Waals surface area contributed by atoms with E-state index in [0.717, 1.165) is 17.7 Å². The van der Waals surface area contributed by atoms with Crippen molar-refractivity contribution >= 4 is 23.6 Å². The van der Waals surface area contributed by atoms with Gasteiger partial charge in [0, 0.05) is 23.5 Å². The molecule has 0 aliphatic carbocycles. The van der Waals surface area contributed by atoms with E-state index >= 15 is 0 Å². The van der Waals surface area contributed by atoms with Crippen molar-refractivity contribution in [1.82, 2.24) is 9.78 Å². The first-order valence-electron chi connectivity index (χ1n) is 10.7. The Hall–Kier alpha value is -4.54. The molecule has 0 amide bonds. The van der Waals surface area contributed by atoms with Crippen LogP contribution in [-0.4, -0.2) is 32.2 Å². The minimum atomic E-state index is -1.10. The molecule has 0 atom stereocenters. The first-order valence-corrected chi connectivity index (χ1v) is 10.7. The highest BCUT2D eigenvalue weighted by Crippen LogP contribution is 2.27.